The number of halogens is 9. The fourth-order valence-corrected chi connectivity index (χ4v) is 6.67. The molecule has 17 heteroatoms. The quantitative estimate of drug-likeness (QED) is 0.182. The van der Waals surface area contributed by atoms with Gasteiger partial charge < -0.3 is 23.7 Å². The SMILES string of the molecule is CC(F)(F)CC(=O)OCC1(COC(=O)CC(F)(F)C(F)(F)F)COC2(OC1)C1CC3CC2CC(OC(=O)C(C)(F)F)(C3)C1. The molecule has 5 fully saturated rings. The van der Waals surface area contributed by atoms with Gasteiger partial charge in [0, 0.05) is 18.8 Å². The van der Waals surface area contributed by atoms with Gasteiger partial charge in [-0.2, -0.15) is 30.7 Å². The van der Waals surface area contributed by atoms with E-state index in [4.69, 9.17) is 18.9 Å². The van der Waals surface area contributed by atoms with Crippen LogP contribution in [0.5, 0.6) is 0 Å². The lowest BCUT2D eigenvalue weighted by Crippen LogP contribution is -2.69. The minimum Gasteiger partial charge on any atom is -0.465 e. The minimum absolute atomic E-state index is 0.00760. The minimum atomic E-state index is -6.02. The van der Waals surface area contributed by atoms with E-state index >= 15 is 0 Å². The lowest BCUT2D eigenvalue weighted by molar-refractivity contribution is -0.397. The summed E-state index contributed by atoms with van der Waals surface area (Å²) in [5.41, 5.74) is -2.84. The van der Waals surface area contributed by atoms with Crippen molar-refractivity contribution in [2.75, 3.05) is 26.4 Å². The van der Waals surface area contributed by atoms with E-state index in [9.17, 15) is 53.9 Å². The molecule has 4 bridgehead atoms. The van der Waals surface area contributed by atoms with Gasteiger partial charge >= 0.3 is 35.9 Å². The van der Waals surface area contributed by atoms with Gasteiger partial charge in [-0.3, -0.25) is 9.59 Å². The molecule has 0 radical (unpaired) electrons. The van der Waals surface area contributed by atoms with Crippen molar-refractivity contribution in [3.8, 4) is 0 Å². The lowest BCUT2D eigenvalue weighted by Gasteiger charge is -2.65. The average Bonchev–Trinajstić information content (AvgIpc) is 2.83. The van der Waals surface area contributed by atoms with E-state index in [2.05, 4.69) is 4.74 Å². The van der Waals surface area contributed by atoms with E-state index in [1.807, 2.05) is 0 Å². The monoisotopic (exact) mass is 642 g/mol. The van der Waals surface area contributed by atoms with Gasteiger partial charge in [-0.1, -0.05) is 0 Å². The molecular weight excluding hydrogens is 611 g/mol. The number of rotatable bonds is 10. The highest BCUT2D eigenvalue weighted by molar-refractivity contribution is 5.77. The van der Waals surface area contributed by atoms with Crippen molar-refractivity contribution in [3.63, 3.8) is 0 Å². The molecule has 2 atom stereocenters. The van der Waals surface area contributed by atoms with Gasteiger partial charge in [-0.05, 0) is 44.9 Å². The maximum Gasteiger partial charge on any atom is 0.453 e. The maximum absolute atomic E-state index is 13.6. The zero-order valence-electron chi connectivity index (χ0n) is 23.2. The fourth-order valence-electron chi connectivity index (χ4n) is 6.67. The van der Waals surface area contributed by atoms with Crippen LogP contribution in [0.15, 0.2) is 0 Å². The Morgan fingerprint density at radius 1 is 0.767 bits per heavy atom. The van der Waals surface area contributed by atoms with Crippen LogP contribution in [-0.2, 0) is 38.1 Å². The first-order valence-corrected chi connectivity index (χ1v) is 13.5. The van der Waals surface area contributed by atoms with Crippen molar-refractivity contribution in [2.24, 2.45) is 23.2 Å². The van der Waals surface area contributed by atoms with E-state index in [0.717, 1.165) is 0 Å². The fraction of sp³-hybridized carbons (Fsp3) is 0.885. The van der Waals surface area contributed by atoms with Gasteiger partial charge in [0.1, 0.15) is 31.7 Å². The predicted octanol–water partition coefficient (Wildman–Crippen LogP) is 5.21. The van der Waals surface area contributed by atoms with Gasteiger partial charge in [-0.25, -0.2) is 13.6 Å². The number of alkyl halides is 9. The summed E-state index contributed by atoms with van der Waals surface area (Å²) in [7, 11) is 0. The van der Waals surface area contributed by atoms with E-state index in [1.54, 1.807) is 0 Å². The molecule has 1 spiro atoms. The third kappa shape index (κ3) is 7.17. The highest BCUT2D eigenvalue weighted by Gasteiger charge is 2.68. The number of hydrogen-bond acceptors (Lipinski definition) is 8. The molecule has 0 aromatic heterocycles. The normalized spacial score (nSPS) is 34.3. The summed E-state index contributed by atoms with van der Waals surface area (Å²) < 4.78 is 145. The number of carbonyl (C=O) groups is 3. The molecule has 0 amide bonds. The summed E-state index contributed by atoms with van der Waals surface area (Å²) in [6, 6.07) is 0. The van der Waals surface area contributed by atoms with Crippen molar-refractivity contribution in [2.45, 2.75) is 94.1 Å². The Morgan fingerprint density at radius 3 is 1.70 bits per heavy atom. The van der Waals surface area contributed by atoms with Crippen LogP contribution in [0, 0.1) is 23.2 Å². The molecule has 1 heterocycles. The zero-order chi connectivity index (χ0) is 32.3. The van der Waals surface area contributed by atoms with Crippen LogP contribution >= 0.6 is 0 Å². The molecule has 0 aromatic carbocycles. The molecule has 4 aliphatic carbocycles. The molecule has 4 saturated carbocycles. The second-order valence-electron chi connectivity index (χ2n) is 12.6. The Balaban J connectivity index is 1.47. The third-order valence-electron chi connectivity index (χ3n) is 8.46. The Morgan fingerprint density at radius 2 is 1.26 bits per heavy atom. The first kappa shape index (κ1) is 33.6. The number of ether oxygens (including phenoxy) is 5. The maximum atomic E-state index is 13.6. The van der Waals surface area contributed by atoms with Crippen LogP contribution in [0.3, 0.4) is 0 Å². The Labute approximate surface area is 239 Å². The van der Waals surface area contributed by atoms with Gasteiger partial charge in [0.2, 0.25) is 0 Å². The topological polar surface area (TPSA) is 97.4 Å². The highest BCUT2D eigenvalue weighted by atomic mass is 19.4. The first-order valence-electron chi connectivity index (χ1n) is 13.5. The molecular formula is C26H31F9O8. The summed E-state index contributed by atoms with van der Waals surface area (Å²) in [5.74, 6) is -19.7. The lowest BCUT2D eigenvalue weighted by atomic mass is 9.51. The molecule has 5 rings (SSSR count). The molecule has 246 valence electrons. The highest BCUT2D eigenvalue weighted by Crippen LogP contribution is 2.64. The van der Waals surface area contributed by atoms with Gasteiger partial charge in [0.05, 0.1) is 18.6 Å². The summed E-state index contributed by atoms with van der Waals surface area (Å²) in [4.78, 5) is 35.9. The summed E-state index contributed by atoms with van der Waals surface area (Å²) in [5, 5.41) is 0. The Hall–Kier alpha value is -2.30. The van der Waals surface area contributed by atoms with Crippen molar-refractivity contribution < 1.29 is 77.6 Å². The number of esters is 3. The standard InChI is InChI=1S/C26H31F9O8/c1-20(27,28)8-17(36)39-10-22(11-40-18(37)9-24(31,32)26(33,34)35)12-41-25(42-13-22)15-3-14-4-16(25)7-23(5-14,6-15)43-19(38)21(2,29)30/h14-16H,3-13H2,1-2H3. The molecule has 2 unspecified atom stereocenters. The Bertz CT molecular complexity index is 1070. The molecule has 5 aliphatic rings. The second-order valence-corrected chi connectivity index (χ2v) is 12.6. The zero-order valence-corrected chi connectivity index (χ0v) is 23.2. The van der Waals surface area contributed by atoms with E-state index in [1.165, 1.54) is 0 Å². The van der Waals surface area contributed by atoms with Gasteiger partial charge in [-0.15, -0.1) is 0 Å². The van der Waals surface area contributed by atoms with Crippen molar-refractivity contribution in [1.29, 1.82) is 0 Å². The van der Waals surface area contributed by atoms with Crippen LogP contribution in [0.2, 0.25) is 0 Å². The molecule has 0 N–H and O–H groups in total. The van der Waals surface area contributed by atoms with E-state index in [0.29, 0.717) is 33.1 Å². The molecule has 1 aliphatic heterocycles. The van der Waals surface area contributed by atoms with Crippen LogP contribution < -0.4 is 0 Å². The molecule has 0 aromatic rings. The summed E-state index contributed by atoms with van der Waals surface area (Å²) >= 11 is 0. The molecule has 8 nitrogen and oxygen atoms in total. The summed E-state index contributed by atoms with van der Waals surface area (Å²) in [6.45, 7) is -1.72. The first-order chi connectivity index (χ1) is 19.5. The van der Waals surface area contributed by atoms with Gasteiger partial charge in [0.25, 0.3) is 5.92 Å². The largest absolute Gasteiger partial charge is 0.465 e. The number of hydrogen-bond donors (Lipinski definition) is 0. The Kier molecular flexibility index (Phi) is 8.55. The predicted molar refractivity (Wildman–Crippen MR) is 123 cm³/mol. The van der Waals surface area contributed by atoms with Crippen LogP contribution in [0.25, 0.3) is 0 Å². The van der Waals surface area contributed by atoms with Crippen molar-refractivity contribution in [1.82, 2.24) is 0 Å². The third-order valence-corrected chi connectivity index (χ3v) is 8.46. The molecule has 43 heavy (non-hydrogen) atoms. The average molecular weight is 643 g/mol. The van der Waals surface area contributed by atoms with Crippen LogP contribution in [0.4, 0.5) is 39.5 Å². The van der Waals surface area contributed by atoms with E-state index < -0.39 is 110 Å². The van der Waals surface area contributed by atoms with Crippen molar-refractivity contribution >= 4 is 17.9 Å². The van der Waals surface area contributed by atoms with Crippen molar-refractivity contribution in [3.05, 3.63) is 0 Å². The second kappa shape index (κ2) is 10.9. The number of carbonyl (C=O) groups excluding carboxylic acids is 3. The smallest absolute Gasteiger partial charge is 0.453 e. The van der Waals surface area contributed by atoms with Crippen LogP contribution in [-0.4, -0.2) is 79.7 Å². The molecule has 1 saturated heterocycles. The van der Waals surface area contributed by atoms with E-state index in [-0.39, 0.29) is 18.8 Å². The van der Waals surface area contributed by atoms with Gasteiger partial charge in [0.15, 0.2) is 5.79 Å². The van der Waals surface area contributed by atoms with Crippen LogP contribution in [0.1, 0.15) is 58.8 Å². The summed E-state index contributed by atoms with van der Waals surface area (Å²) in [6.07, 6.45) is -8.02.